The molecule has 0 spiro atoms. The molecule has 0 radical (unpaired) electrons. The van der Waals surface area contributed by atoms with Gasteiger partial charge in [-0.25, -0.2) is 0 Å². The Morgan fingerprint density at radius 1 is 1.61 bits per heavy atom. The molecule has 2 heterocycles. The number of hydrogen-bond donors (Lipinski definition) is 2. The Labute approximate surface area is 144 Å². The molecule has 0 aromatic carbocycles. The van der Waals surface area contributed by atoms with Crippen LogP contribution < -0.4 is 0 Å². The first-order valence-electron chi connectivity index (χ1n) is 7.13. The van der Waals surface area contributed by atoms with Gasteiger partial charge in [-0.1, -0.05) is 40.9 Å². The van der Waals surface area contributed by atoms with Crippen LogP contribution in [-0.2, 0) is 11.2 Å². The lowest BCUT2D eigenvalue weighted by molar-refractivity contribution is -0.0242. The van der Waals surface area contributed by atoms with Crippen molar-refractivity contribution in [3.63, 3.8) is 0 Å². The van der Waals surface area contributed by atoms with E-state index in [0.29, 0.717) is 11.4 Å². The normalized spacial score (nSPS) is 27.1. The van der Waals surface area contributed by atoms with Crippen molar-refractivity contribution in [1.29, 1.82) is 0 Å². The van der Waals surface area contributed by atoms with Crippen LogP contribution in [0.15, 0.2) is 22.8 Å². The number of nitrogens with zero attached hydrogens (tertiary/aromatic N) is 2. The van der Waals surface area contributed by atoms with Crippen molar-refractivity contribution in [2.75, 3.05) is 13.2 Å². The molecule has 23 heavy (non-hydrogen) atoms. The van der Waals surface area contributed by atoms with Crippen molar-refractivity contribution < 1.29 is 14.9 Å². The quantitative estimate of drug-likeness (QED) is 0.567. The van der Waals surface area contributed by atoms with Gasteiger partial charge in [0.1, 0.15) is 24.4 Å². The predicted molar refractivity (Wildman–Crippen MR) is 91.1 cm³/mol. The molecular formula is C15H18N2O4S2. The van der Waals surface area contributed by atoms with Crippen LogP contribution in [0.4, 0.5) is 0 Å². The highest BCUT2D eigenvalue weighted by atomic mass is 32.1. The van der Waals surface area contributed by atoms with Crippen LogP contribution in [0.2, 0.25) is 0 Å². The highest BCUT2D eigenvalue weighted by molar-refractivity contribution is 7.80. The molecule has 1 aromatic heterocycles. The lowest BCUT2D eigenvalue weighted by atomic mass is 10.1. The number of aliphatic hydroxyl groups excluding tert-OH is 2. The van der Waals surface area contributed by atoms with Gasteiger partial charge in [-0.3, -0.25) is 0 Å². The van der Waals surface area contributed by atoms with Crippen molar-refractivity contribution in [2.45, 2.75) is 37.7 Å². The first kappa shape index (κ1) is 18.0. The second kappa shape index (κ2) is 8.47. The van der Waals surface area contributed by atoms with Gasteiger partial charge in [-0.2, -0.15) is 4.91 Å². The lowest BCUT2D eigenvalue weighted by Crippen LogP contribution is -2.38. The smallest absolute Gasteiger partial charge is 0.148 e. The van der Waals surface area contributed by atoms with E-state index in [9.17, 15) is 15.1 Å². The summed E-state index contributed by atoms with van der Waals surface area (Å²) in [7, 11) is 0. The van der Waals surface area contributed by atoms with Crippen LogP contribution in [0.3, 0.4) is 0 Å². The summed E-state index contributed by atoms with van der Waals surface area (Å²) < 4.78 is 5.52. The number of rotatable bonds is 7. The largest absolute Gasteiger partial charge is 0.394 e. The number of aliphatic hydroxyl groups is 2. The Morgan fingerprint density at radius 3 is 2.96 bits per heavy atom. The minimum atomic E-state index is -1.10. The van der Waals surface area contributed by atoms with Crippen LogP contribution in [-0.4, -0.2) is 57.6 Å². The molecule has 1 aliphatic rings. The Bertz CT molecular complexity index is 550. The van der Waals surface area contributed by atoms with Gasteiger partial charge < -0.3 is 19.8 Å². The molecule has 1 aromatic rings. The Kier molecular flexibility index (Phi) is 6.62. The number of thiocarbonyl (C=S) groups is 1. The SMILES string of the molecule is CC(=S)N(/C=C\Cc1c#csc1)CC1OC(CO)C(O)C1N=O. The average Bonchev–Trinajstić information content (AvgIpc) is 3.13. The third-order valence-corrected chi connectivity index (χ3v) is 4.50. The summed E-state index contributed by atoms with van der Waals surface area (Å²) in [5.41, 5.74) is 1.04. The molecule has 1 fully saturated rings. The summed E-state index contributed by atoms with van der Waals surface area (Å²) in [5.74, 6) is 0. The van der Waals surface area contributed by atoms with E-state index in [0.717, 1.165) is 5.56 Å². The van der Waals surface area contributed by atoms with E-state index in [1.165, 1.54) is 11.3 Å². The molecule has 0 bridgehead atoms. The zero-order chi connectivity index (χ0) is 16.8. The van der Waals surface area contributed by atoms with Crippen LogP contribution in [0.5, 0.6) is 0 Å². The maximum Gasteiger partial charge on any atom is 0.148 e. The zero-order valence-electron chi connectivity index (χ0n) is 12.6. The van der Waals surface area contributed by atoms with Crippen LogP contribution in [0.25, 0.3) is 0 Å². The Morgan fingerprint density at radius 2 is 2.39 bits per heavy atom. The third-order valence-electron chi connectivity index (χ3n) is 3.64. The second-order valence-corrected chi connectivity index (χ2v) is 6.50. The summed E-state index contributed by atoms with van der Waals surface area (Å²) in [4.78, 5) is 13.3. The van der Waals surface area contributed by atoms with Crippen molar-refractivity contribution in [2.24, 2.45) is 5.18 Å². The fraction of sp³-hybridized carbons (Fsp3) is 0.533. The van der Waals surface area contributed by atoms with E-state index in [-0.39, 0.29) is 13.2 Å². The minimum absolute atomic E-state index is 0.287. The third kappa shape index (κ3) is 4.56. The van der Waals surface area contributed by atoms with Gasteiger partial charge in [0.05, 0.1) is 18.1 Å². The number of ether oxygens (including phenoxy) is 1. The van der Waals surface area contributed by atoms with Gasteiger partial charge >= 0.3 is 0 Å². The number of hydrogen-bond acceptors (Lipinski definition) is 7. The van der Waals surface area contributed by atoms with Crippen LogP contribution in [0, 0.1) is 16.4 Å². The molecule has 0 saturated carbocycles. The van der Waals surface area contributed by atoms with Crippen molar-refractivity contribution in [1.82, 2.24) is 4.90 Å². The standard InChI is InChI=1S/C15H18N2O4S2/c1-10(22)17(5-2-3-11-4-6-23-9-11)7-12-14(16-20)15(19)13(8-18)21-12/h2,5,9,12-15,18-19H,3,7-8H2,1H3/b5-2-. The van der Waals surface area contributed by atoms with Crippen molar-refractivity contribution in [3.8, 4) is 0 Å². The fourth-order valence-electron chi connectivity index (χ4n) is 2.38. The van der Waals surface area contributed by atoms with Crippen molar-refractivity contribution in [3.05, 3.63) is 39.6 Å². The summed E-state index contributed by atoms with van der Waals surface area (Å²) >= 11 is 6.68. The first-order chi connectivity index (χ1) is 11.1. The molecule has 1 aliphatic heterocycles. The van der Waals surface area contributed by atoms with Crippen LogP contribution in [0.1, 0.15) is 12.5 Å². The first-order valence-corrected chi connectivity index (χ1v) is 8.42. The van der Waals surface area contributed by atoms with Crippen molar-refractivity contribution >= 4 is 28.5 Å². The minimum Gasteiger partial charge on any atom is -0.394 e. The monoisotopic (exact) mass is 354 g/mol. The molecular weight excluding hydrogens is 336 g/mol. The summed E-state index contributed by atoms with van der Waals surface area (Å²) in [6, 6.07) is 2.08. The Balaban J connectivity index is 1.99. The summed E-state index contributed by atoms with van der Waals surface area (Å²) in [6.45, 7) is 1.69. The van der Waals surface area contributed by atoms with E-state index in [1.54, 1.807) is 11.8 Å². The number of allylic oxidation sites excluding steroid dienone is 1. The molecule has 6 nitrogen and oxygen atoms in total. The van der Waals surface area contributed by atoms with Gasteiger partial charge in [-0.05, 0) is 12.3 Å². The molecule has 2 rings (SSSR count). The van der Waals surface area contributed by atoms with E-state index in [2.05, 4.69) is 16.6 Å². The maximum absolute atomic E-state index is 11.0. The summed E-state index contributed by atoms with van der Waals surface area (Å²) in [5, 5.41) is 26.9. The van der Waals surface area contributed by atoms with Gasteiger partial charge in [0.25, 0.3) is 0 Å². The highest BCUT2D eigenvalue weighted by Crippen LogP contribution is 2.25. The second-order valence-electron chi connectivity index (χ2n) is 5.23. The molecule has 124 valence electrons. The molecule has 0 amide bonds. The van der Waals surface area contributed by atoms with E-state index < -0.39 is 24.4 Å². The zero-order valence-corrected chi connectivity index (χ0v) is 14.2. The summed E-state index contributed by atoms with van der Waals surface area (Å²) in [6.07, 6.45) is 1.92. The highest BCUT2D eigenvalue weighted by Gasteiger charge is 2.45. The topological polar surface area (TPSA) is 82.4 Å². The Hall–Kier alpha value is -1.37. The van der Waals surface area contributed by atoms with E-state index >= 15 is 0 Å². The van der Waals surface area contributed by atoms with Gasteiger partial charge in [0.2, 0.25) is 0 Å². The van der Waals surface area contributed by atoms with Crippen LogP contribution >= 0.6 is 23.6 Å². The molecule has 2 N–H and O–H groups in total. The maximum atomic E-state index is 11.0. The molecule has 4 unspecified atom stereocenters. The fourth-order valence-corrected chi connectivity index (χ4v) is 3.06. The van der Waals surface area contributed by atoms with E-state index in [1.807, 2.05) is 17.7 Å². The predicted octanol–water partition coefficient (Wildman–Crippen LogP) is 1.31. The lowest BCUT2D eigenvalue weighted by Gasteiger charge is -2.24. The molecule has 1 saturated heterocycles. The molecule has 0 aliphatic carbocycles. The van der Waals surface area contributed by atoms with Gasteiger partial charge in [0, 0.05) is 23.6 Å². The molecule has 8 heteroatoms. The van der Waals surface area contributed by atoms with E-state index in [4.69, 9.17) is 17.0 Å². The van der Waals surface area contributed by atoms with Gasteiger partial charge in [0.15, 0.2) is 0 Å². The molecule has 4 atom stereocenters. The van der Waals surface area contributed by atoms with Gasteiger partial charge in [-0.15, -0.1) is 0 Å². The number of nitroso groups, excluding NO2 is 1. The average molecular weight is 354 g/mol.